The fourth-order valence-corrected chi connectivity index (χ4v) is 4.79. The predicted octanol–water partition coefficient (Wildman–Crippen LogP) is 3.41. The number of piperazine rings is 1. The number of morpholine rings is 1. The molecule has 2 aliphatic heterocycles. The van der Waals surface area contributed by atoms with Crippen LogP contribution < -0.4 is 20.9 Å². The van der Waals surface area contributed by atoms with Crippen molar-refractivity contribution in [2.45, 2.75) is 32.7 Å². The number of aromatic nitrogens is 3. The van der Waals surface area contributed by atoms with Gasteiger partial charge in [0.25, 0.3) is 5.91 Å². The Bertz CT molecular complexity index is 1340. The Morgan fingerprint density at radius 2 is 1.57 bits per heavy atom. The van der Waals surface area contributed by atoms with Crippen LogP contribution in [-0.4, -0.2) is 83.3 Å². The Kier molecular flexibility index (Phi) is 8.22. The molecule has 0 radical (unpaired) electrons. The molecule has 2 saturated heterocycles. The molecular weight excluding hydrogens is 508 g/mol. The van der Waals surface area contributed by atoms with Gasteiger partial charge in [-0.2, -0.15) is 9.97 Å². The molecule has 210 valence electrons. The molecule has 0 bridgehead atoms. The molecule has 0 atom stereocenters. The van der Waals surface area contributed by atoms with Crippen molar-refractivity contribution in [3.05, 3.63) is 59.9 Å². The molecule has 1 aromatic heterocycles. The average Bonchev–Trinajstić information content (AvgIpc) is 2.97. The van der Waals surface area contributed by atoms with Gasteiger partial charge in [-0.3, -0.25) is 4.79 Å². The van der Waals surface area contributed by atoms with Crippen molar-refractivity contribution in [3.8, 4) is 11.4 Å². The van der Waals surface area contributed by atoms with E-state index in [0.717, 1.165) is 31.0 Å². The van der Waals surface area contributed by atoms with Gasteiger partial charge < -0.3 is 30.5 Å². The van der Waals surface area contributed by atoms with Gasteiger partial charge in [-0.1, -0.05) is 6.92 Å². The van der Waals surface area contributed by atoms with Crippen molar-refractivity contribution in [3.63, 3.8) is 0 Å². The summed E-state index contributed by atoms with van der Waals surface area (Å²) in [5.74, 6) is 1.99. The molecule has 0 spiro atoms. The largest absolute Gasteiger partial charge is 0.378 e. The maximum atomic E-state index is 12.9. The summed E-state index contributed by atoms with van der Waals surface area (Å²) >= 11 is 0. The topological polar surface area (TPSA) is 125 Å². The molecule has 3 amide bonds. The van der Waals surface area contributed by atoms with Gasteiger partial charge >= 0.3 is 6.03 Å². The quantitative estimate of drug-likeness (QED) is 0.431. The highest BCUT2D eigenvalue weighted by Crippen LogP contribution is 2.22. The third kappa shape index (κ3) is 6.72. The zero-order chi connectivity index (χ0) is 28.1. The molecule has 0 unspecified atom stereocenters. The van der Waals surface area contributed by atoms with E-state index in [2.05, 4.69) is 44.7 Å². The van der Waals surface area contributed by atoms with Crippen molar-refractivity contribution in [2.75, 3.05) is 61.5 Å². The SMILES string of the molecule is CCc1nc(-c2ccc(NC(=O)Nc3ccc(C(=O)N4CCNC(C)(C)C4)cc3)cc2)nc(N2CCOCC2)n1. The van der Waals surface area contributed by atoms with Gasteiger partial charge in [-0.15, -0.1) is 0 Å². The van der Waals surface area contributed by atoms with Gasteiger partial charge in [0.15, 0.2) is 5.82 Å². The number of hydrogen-bond donors (Lipinski definition) is 3. The summed E-state index contributed by atoms with van der Waals surface area (Å²) in [6, 6.07) is 14.0. The Morgan fingerprint density at radius 3 is 2.20 bits per heavy atom. The highest BCUT2D eigenvalue weighted by atomic mass is 16.5. The van der Waals surface area contributed by atoms with Crippen molar-refractivity contribution in [2.24, 2.45) is 0 Å². The van der Waals surface area contributed by atoms with E-state index in [4.69, 9.17) is 9.72 Å². The van der Waals surface area contributed by atoms with Crippen molar-refractivity contribution in [1.29, 1.82) is 0 Å². The first-order valence-electron chi connectivity index (χ1n) is 13.7. The maximum Gasteiger partial charge on any atom is 0.323 e. The Balaban J connectivity index is 1.19. The molecule has 3 heterocycles. The van der Waals surface area contributed by atoms with Gasteiger partial charge in [0.05, 0.1) is 13.2 Å². The van der Waals surface area contributed by atoms with Crippen molar-refractivity contribution >= 4 is 29.3 Å². The number of urea groups is 1. The average molecular weight is 545 g/mol. The lowest BCUT2D eigenvalue weighted by Crippen LogP contribution is -2.58. The molecule has 2 aliphatic rings. The van der Waals surface area contributed by atoms with Crippen LogP contribution in [0.1, 0.15) is 37.0 Å². The number of nitrogens with one attached hydrogen (secondary N) is 3. The zero-order valence-electron chi connectivity index (χ0n) is 23.2. The molecule has 3 aromatic rings. The lowest BCUT2D eigenvalue weighted by Gasteiger charge is -2.39. The van der Waals surface area contributed by atoms with Gasteiger partial charge in [0.2, 0.25) is 5.95 Å². The van der Waals surface area contributed by atoms with Crippen LogP contribution in [0.4, 0.5) is 22.1 Å². The van der Waals surface area contributed by atoms with E-state index in [9.17, 15) is 9.59 Å². The number of aryl methyl sites for hydroxylation is 1. The second kappa shape index (κ2) is 12.0. The molecule has 11 heteroatoms. The van der Waals surface area contributed by atoms with Crippen LogP contribution in [0.2, 0.25) is 0 Å². The Labute approximate surface area is 234 Å². The summed E-state index contributed by atoms with van der Waals surface area (Å²) in [6.07, 6.45) is 0.704. The first kappa shape index (κ1) is 27.5. The number of carbonyl (C=O) groups is 2. The van der Waals surface area contributed by atoms with E-state index in [0.29, 0.717) is 61.4 Å². The number of amides is 3. The van der Waals surface area contributed by atoms with E-state index in [1.807, 2.05) is 36.1 Å². The monoisotopic (exact) mass is 544 g/mol. The van der Waals surface area contributed by atoms with Crippen molar-refractivity contribution < 1.29 is 14.3 Å². The summed E-state index contributed by atoms with van der Waals surface area (Å²) in [7, 11) is 0. The number of rotatable bonds is 6. The second-order valence-corrected chi connectivity index (χ2v) is 10.6. The Morgan fingerprint density at radius 1 is 0.925 bits per heavy atom. The van der Waals surface area contributed by atoms with E-state index < -0.39 is 0 Å². The molecule has 0 saturated carbocycles. The first-order valence-corrected chi connectivity index (χ1v) is 13.7. The van der Waals surface area contributed by atoms with E-state index >= 15 is 0 Å². The molecule has 2 aromatic carbocycles. The van der Waals surface area contributed by atoms with Gasteiger partial charge in [0.1, 0.15) is 5.82 Å². The maximum absolute atomic E-state index is 12.9. The zero-order valence-corrected chi connectivity index (χ0v) is 23.2. The fourth-order valence-electron chi connectivity index (χ4n) is 4.79. The lowest BCUT2D eigenvalue weighted by atomic mass is 10.0. The van der Waals surface area contributed by atoms with Crippen LogP contribution in [0.5, 0.6) is 0 Å². The van der Waals surface area contributed by atoms with Gasteiger partial charge in [-0.25, -0.2) is 9.78 Å². The Hall–Kier alpha value is -4.09. The van der Waals surface area contributed by atoms with E-state index in [1.54, 1.807) is 24.3 Å². The van der Waals surface area contributed by atoms with Crippen LogP contribution >= 0.6 is 0 Å². The molecule has 0 aliphatic carbocycles. The minimum absolute atomic E-state index is 0.00744. The van der Waals surface area contributed by atoms with E-state index in [1.165, 1.54) is 0 Å². The normalized spacial score (nSPS) is 16.9. The third-order valence-corrected chi connectivity index (χ3v) is 6.93. The molecule has 3 N–H and O–H groups in total. The summed E-state index contributed by atoms with van der Waals surface area (Å²) in [5, 5.41) is 9.08. The smallest absolute Gasteiger partial charge is 0.323 e. The van der Waals surface area contributed by atoms with Crippen LogP contribution in [-0.2, 0) is 11.2 Å². The first-order chi connectivity index (χ1) is 19.3. The molecule has 11 nitrogen and oxygen atoms in total. The summed E-state index contributed by atoms with van der Waals surface area (Å²) in [5.41, 5.74) is 2.56. The number of ether oxygens (including phenoxy) is 1. The number of carbonyl (C=O) groups excluding carboxylic acids is 2. The predicted molar refractivity (Wildman–Crippen MR) is 155 cm³/mol. The minimum Gasteiger partial charge on any atom is -0.378 e. The second-order valence-electron chi connectivity index (χ2n) is 10.6. The van der Waals surface area contributed by atoms with Gasteiger partial charge in [-0.05, 0) is 62.4 Å². The van der Waals surface area contributed by atoms with Crippen LogP contribution in [0.15, 0.2) is 48.5 Å². The lowest BCUT2D eigenvalue weighted by molar-refractivity contribution is 0.0652. The highest BCUT2D eigenvalue weighted by molar-refractivity contribution is 6.00. The standard InChI is InChI=1S/C29H36N8O3/c1-4-24-33-25(35-27(34-24)36-15-17-40-18-16-36)20-5-9-22(10-6-20)31-28(39)32-23-11-7-21(8-12-23)26(38)37-14-13-30-29(2,3)19-37/h5-12,30H,4,13-19H2,1-3H3,(H2,31,32,39). The molecule has 40 heavy (non-hydrogen) atoms. The number of anilines is 3. The number of hydrogen-bond acceptors (Lipinski definition) is 8. The summed E-state index contributed by atoms with van der Waals surface area (Å²) in [6.45, 7) is 11.1. The van der Waals surface area contributed by atoms with Crippen molar-refractivity contribution in [1.82, 2.24) is 25.2 Å². The molecule has 5 rings (SSSR count). The van der Waals surface area contributed by atoms with Gasteiger partial charge in [0, 0.05) is 67.2 Å². The molecule has 2 fully saturated rings. The fraction of sp³-hybridized carbons (Fsp3) is 0.414. The van der Waals surface area contributed by atoms with E-state index in [-0.39, 0.29) is 17.5 Å². The molecular formula is C29H36N8O3. The number of benzene rings is 2. The van der Waals surface area contributed by atoms with Crippen LogP contribution in [0.25, 0.3) is 11.4 Å². The summed E-state index contributed by atoms with van der Waals surface area (Å²) < 4.78 is 5.45. The number of nitrogens with zero attached hydrogens (tertiary/aromatic N) is 5. The minimum atomic E-state index is -0.376. The highest BCUT2D eigenvalue weighted by Gasteiger charge is 2.29. The van der Waals surface area contributed by atoms with Crippen LogP contribution in [0, 0.1) is 0 Å². The summed E-state index contributed by atoms with van der Waals surface area (Å²) in [4.78, 5) is 43.4. The third-order valence-electron chi connectivity index (χ3n) is 6.93. The van der Waals surface area contributed by atoms with Crippen LogP contribution in [0.3, 0.4) is 0 Å².